The van der Waals surface area contributed by atoms with Crippen molar-refractivity contribution in [3.05, 3.63) is 35.7 Å². The van der Waals surface area contributed by atoms with E-state index in [9.17, 15) is 4.79 Å². The molecule has 0 fully saturated rings. The number of aromatic nitrogens is 1. The Labute approximate surface area is 84.2 Å². The maximum atomic E-state index is 10.5. The van der Waals surface area contributed by atoms with Crippen LogP contribution in [0.5, 0.6) is 0 Å². The lowest BCUT2D eigenvalue weighted by Crippen LogP contribution is -1.99. The van der Waals surface area contributed by atoms with Crippen LogP contribution in [0.15, 0.2) is 24.4 Å². The summed E-state index contributed by atoms with van der Waals surface area (Å²) in [6.45, 7) is 0. The molecule has 68 valence electrons. The molecule has 0 radical (unpaired) electrons. The fourth-order valence-electron chi connectivity index (χ4n) is 0.848. The number of hydrogen-bond donors (Lipinski definition) is 1. The zero-order valence-corrected chi connectivity index (χ0v) is 8.36. The summed E-state index contributed by atoms with van der Waals surface area (Å²) >= 11 is 3.24. The molecule has 0 unspecified atom stereocenters. The first kappa shape index (κ1) is 9.92. The highest BCUT2D eigenvalue weighted by Gasteiger charge is 2.02. The van der Waals surface area contributed by atoms with Crippen LogP contribution in [-0.2, 0) is 0 Å². The predicted octanol–water partition coefficient (Wildman–Crippen LogP) is 2.19. The van der Waals surface area contributed by atoms with Crippen LogP contribution < -0.4 is 0 Å². The number of aromatic carboxylic acids is 1. The molecule has 3 nitrogen and oxygen atoms in total. The second kappa shape index (κ2) is 4.77. The summed E-state index contributed by atoms with van der Waals surface area (Å²) in [5, 5.41) is 9.39. The Hall–Kier alpha value is -1.16. The van der Waals surface area contributed by atoms with Crippen molar-refractivity contribution in [1.29, 1.82) is 0 Å². The van der Waals surface area contributed by atoms with Crippen molar-refractivity contribution in [2.24, 2.45) is 0 Å². The van der Waals surface area contributed by atoms with E-state index in [1.165, 1.54) is 12.3 Å². The molecule has 0 atom stereocenters. The number of hydrogen-bond acceptors (Lipinski definition) is 2. The second-order valence-corrected chi connectivity index (χ2v) is 2.98. The molecule has 1 aromatic heterocycles. The van der Waals surface area contributed by atoms with Crippen molar-refractivity contribution in [3.8, 4) is 0 Å². The van der Waals surface area contributed by atoms with Gasteiger partial charge in [-0.15, -0.1) is 0 Å². The number of carboxylic acids is 1. The maximum absolute atomic E-state index is 10.5. The van der Waals surface area contributed by atoms with E-state index in [0.29, 0.717) is 0 Å². The number of rotatable bonds is 3. The molecular weight excluding hydrogens is 234 g/mol. The van der Waals surface area contributed by atoms with Crippen LogP contribution in [0, 0.1) is 0 Å². The van der Waals surface area contributed by atoms with Gasteiger partial charge >= 0.3 is 5.97 Å². The minimum Gasteiger partial charge on any atom is -0.477 e. The first-order chi connectivity index (χ1) is 6.24. The van der Waals surface area contributed by atoms with E-state index < -0.39 is 5.97 Å². The van der Waals surface area contributed by atoms with Crippen molar-refractivity contribution in [1.82, 2.24) is 4.98 Å². The molecule has 0 aliphatic carbocycles. The lowest BCUT2D eigenvalue weighted by molar-refractivity contribution is 0.0690. The topological polar surface area (TPSA) is 50.2 Å². The summed E-state index contributed by atoms with van der Waals surface area (Å²) in [7, 11) is 0. The lowest BCUT2D eigenvalue weighted by atomic mass is 10.2. The van der Waals surface area contributed by atoms with E-state index in [-0.39, 0.29) is 5.69 Å². The van der Waals surface area contributed by atoms with E-state index in [2.05, 4.69) is 20.9 Å². The first-order valence-electron chi connectivity index (χ1n) is 3.66. The summed E-state index contributed by atoms with van der Waals surface area (Å²) in [6.07, 6.45) is 5.21. The van der Waals surface area contributed by atoms with E-state index >= 15 is 0 Å². The van der Waals surface area contributed by atoms with Gasteiger partial charge in [-0.25, -0.2) is 9.78 Å². The highest BCUT2D eigenvalue weighted by Crippen LogP contribution is 2.04. The monoisotopic (exact) mass is 241 g/mol. The van der Waals surface area contributed by atoms with Crippen molar-refractivity contribution in [3.63, 3.8) is 0 Å². The van der Waals surface area contributed by atoms with Gasteiger partial charge < -0.3 is 5.11 Å². The molecular formula is C9H8BrNO2. The van der Waals surface area contributed by atoms with Crippen molar-refractivity contribution < 1.29 is 9.90 Å². The molecule has 1 rings (SSSR count). The van der Waals surface area contributed by atoms with Crippen LogP contribution in [-0.4, -0.2) is 21.4 Å². The summed E-state index contributed by atoms with van der Waals surface area (Å²) in [5.41, 5.74) is 0.906. The van der Waals surface area contributed by atoms with Gasteiger partial charge in [-0.1, -0.05) is 28.1 Å². The predicted molar refractivity (Wildman–Crippen MR) is 54.0 cm³/mol. The second-order valence-electron chi connectivity index (χ2n) is 2.34. The first-order valence-corrected chi connectivity index (χ1v) is 4.78. The van der Waals surface area contributed by atoms with Crippen LogP contribution in [0.3, 0.4) is 0 Å². The Balaban J connectivity index is 2.92. The van der Waals surface area contributed by atoms with Gasteiger partial charge in [0, 0.05) is 11.5 Å². The number of pyridine rings is 1. The number of halogens is 1. The molecule has 13 heavy (non-hydrogen) atoms. The van der Waals surface area contributed by atoms with Gasteiger partial charge in [0.05, 0.1) is 0 Å². The fraction of sp³-hybridized carbons (Fsp3) is 0.111. The van der Waals surface area contributed by atoms with Crippen LogP contribution in [0.1, 0.15) is 16.1 Å². The van der Waals surface area contributed by atoms with Crippen LogP contribution in [0.2, 0.25) is 0 Å². The molecule has 4 heteroatoms. The highest BCUT2D eigenvalue weighted by atomic mass is 79.9. The number of carboxylic acid groups (broad SMARTS) is 1. The molecule has 1 N–H and O–H groups in total. The number of allylic oxidation sites excluding steroid dienone is 1. The van der Waals surface area contributed by atoms with Gasteiger partial charge in [-0.05, 0) is 17.7 Å². The molecule has 1 heterocycles. The molecule has 0 aromatic carbocycles. The smallest absolute Gasteiger partial charge is 0.354 e. The Kier molecular flexibility index (Phi) is 3.64. The van der Waals surface area contributed by atoms with Crippen LogP contribution in [0.4, 0.5) is 0 Å². The Morgan fingerprint density at radius 2 is 2.46 bits per heavy atom. The lowest BCUT2D eigenvalue weighted by Gasteiger charge is -1.94. The van der Waals surface area contributed by atoms with Gasteiger partial charge in [0.25, 0.3) is 0 Å². The van der Waals surface area contributed by atoms with E-state index in [1.54, 1.807) is 6.07 Å². The third-order valence-corrected chi connectivity index (χ3v) is 1.78. The number of alkyl halides is 1. The molecule has 0 bridgehead atoms. The molecule has 0 aliphatic heterocycles. The Morgan fingerprint density at radius 3 is 3.08 bits per heavy atom. The van der Waals surface area contributed by atoms with Gasteiger partial charge in [-0.2, -0.15) is 0 Å². The molecule has 0 spiro atoms. The average molecular weight is 242 g/mol. The molecule has 0 aliphatic rings. The van der Waals surface area contributed by atoms with Crippen LogP contribution >= 0.6 is 15.9 Å². The minimum atomic E-state index is -1.01. The number of nitrogens with zero attached hydrogens (tertiary/aromatic N) is 1. The largest absolute Gasteiger partial charge is 0.477 e. The summed E-state index contributed by atoms with van der Waals surface area (Å²) in [6, 6.07) is 3.28. The van der Waals surface area contributed by atoms with E-state index in [1.807, 2.05) is 12.2 Å². The SMILES string of the molecule is O=C(O)c1cc(C=CCBr)ccn1. The number of carbonyl (C=O) groups is 1. The maximum Gasteiger partial charge on any atom is 0.354 e. The van der Waals surface area contributed by atoms with E-state index in [0.717, 1.165) is 10.9 Å². The van der Waals surface area contributed by atoms with Gasteiger partial charge in [-0.3, -0.25) is 0 Å². The standard InChI is InChI=1S/C9H8BrNO2/c10-4-1-2-7-3-5-11-8(6-7)9(12)13/h1-3,5-6H,4H2,(H,12,13). The summed E-state index contributed by atoms with van der Waals surface area (Å²) in [5.74, 6) is -1.01. The van der Waals surface area contributed by atoms with Gasteiger partial charge in [0.2, 0.25) is 0 Å². The average Bonchev–Trinajstić information content (AvgIpc) is 2.15. The van der Waals surface area contributed by atoms with Crippen molar-refractivity contribution in [2.45, 2.75) is 0 Å². The molecule has 0 saturated heterocycles. The molecule has 1 aromatic rings. The van der Waals surface area contributed by atoms with E-state index in [4.69, 9.17) is 5.11 Å². The van der Waals surface area contributed by atoms with Gasteiger partial charge in [0.1, 0.15) is 5.69 Å². The highest BCUT2D eigenvalue weighted by molar-refractivity contribution is 9.09. The third kappa shape index (κ3) is 2.99. The molecule has 0 saturated carbocycles. The Morgan fingerprint density at radius 1 is 1.69 bits per heavy atom. The Bertz CT molecular complexity index is 336. The zero-order chi connectivity index (χ0) is 9.68. The molecule has 0 amide bonds. The van der Waals surface area contributed by atoms with Gasteiger partial charge in [0.15, 0.2) is 0 Å². The van der Waals surface area contributed by atoms with Crippen molar-refractivity contribution >= 4 is 28.0 Å². The zero-order valence-electron chi connectivity index (χ0n) is 6.77. The quantitative estimate of drug-likeness (QED) is 0.826. The van der Waals surface area contributed by atoms with Crippen LogP contribution in [0.25, 0.3) is 6.08 Å². The summed E-state index contributed by atoms with van der Waals surface area (Å²) in [4.78, 5) is 14.2. The minimum absolute atomic E-state index is 0.0664. The normalized spacial score (nSPS) is 10.5. The third-order valence-electron chi connectivity index (χ3n) is 1.40. The summed E-state index contributed by atoms with van der Waals surface area (Å²) < 4.78 is 0. The fourth-order valence-corrected chi connectivity index (χ4v) is 1.04. The van der Waals surface area contributed by atoms with Crippen molar-refractivity contribution in [2.75, 3.05) is 5.33 Å².